The average molecular weight is 295 g/mol. The average Bonchev–Trinajstić information content (AvgIpc) is 2.47. The Bertz CT molecular complexity index is 427. The van der Waals surface area contributed by atoms with Crippen LogP contribution in [0.5, 0.6) is 0 Å². The molecular weight excluding hydrogens is 268 g/mol. The lowest BCUT2D eigenvalue weighted by atomic mass is 9.93. The van der Waals surface area contributed by atoms with Crippen molar-refractivity contribution in [2.45, 2.75) is 64.0 Å². The molecule has 0 amide bonds. The number of halogens is 1. The van der Waals surface area contributed by atoms with Gasteiger partial charge in [-0.15, -0.1) is 0 Å². The zero-order valence-electron chi connectivity index (χ0n) is 12.7. The minimum absolute atomic E-state index is 0.215. The molecule has 0 heterocycles. The molecule has 1 aliphatic rings. The number of anilines is 1. The Balaban J connectivity index is 2.20. The second-order valence-corrected chi connectivity index (χ2v) is 6.48. The molecule has 1 saturated carbocycles. The van der Waals surface area contributed by atoms with Crippen LogP contribution in [0.4, 0.5) is 5.69 Å². The van der Waals surface area contributed by atoms with Crippen LogP contribution in [0.25, 0.3) is 0 Å². The predicted octanol–water partition coefficient (Wildman–Crippen LogP) is 4.39. The van der Waals surface area contributed by atoms with Gasteiger partial charge in [-0.2, -0.15) is 0 Å². The summed E-state index contributed by atoms with van der Waals surface area (Å²) in [6.45, 7) is 2.14. The molecule has 1 aliphatic carbocycles. The molecule has 1 fully saturated rings. The summed E-state index contributed by atoms with van der Waals surface area (Å²) in [5, 5.41) is 0.809. The Morgan fingerprint density at radius 1 is 1.30 bits per heavy atom. The lowest BCUT2D eigenvalue weighted by molar-refractivity contribution is 0.427. The first-order valence-corrected chi connectivity index (χ1v) is 8.26. The van der Waals surface area contributed by atoms with Crippen molar-refractivity contribution < 1.29 is 0 Å². The van der Waals surface area contributed by atoms with E-state index in [0.717, 1.165) is 17.9 Å². The zero-order chi connectivity index (χ0) is 14.5. The normalized spacial score (nSPS) is 18.0. The maximum atomic E-state index is 6.17. The fourth-order valence-electron chi connectivity index (χ4n) is 3.15. The number of nitrogens with zero attached hydrogens (tertiary/aromatic N) is 1. The van der Waals surface area contributed by atoms with Crippen molar-refractivity contribution in [3.63, 3.8) is 0 Å². The molecule has 20 heavy (non-hydrogen) atoms. The Morgan fingerprint density at radius 2 is 2.00 bits per heavy atom. The van der Waals surface area contributed by atoms with Crippen molar-refractivity contribution in [1.82, 2.24) is 0 Å². The van der Waals surface area contributed by atoms with E-state index in [1.54, 1.807) is 0 Å². The van der Waals surface area contributed by atoms with Gasteiger partial charge in [0.1, 0.15) is 0 Å². The summed E-state index contributed by atoms with van der Waals surface area (Å²) in [5.74, 6) is 0. The zero-order valence-corrected chi connectivity index (χ0v) is 13.5. The Labute approximate surface area is 128 Å². The Kier molecular flexibility index (Phi) is 5.74. The monoisotopic (exact) mass is 294 g/mol. The van der Waals surface area contributed by atoms with Crippen LogP contribution in [-0.4, -0.2) is 19.1 Å². The van der Waals surface area contributed by atoms with E-state index < -0.39 is 0 Å². The third-order valence-corrected chi connectivity index (χ3v) is 4.79. The quantitative estimate of drug-likeness (QED) is 0.873. The number of nitrogens with two attached hydrogens (primary N) is 1. The van der Waals surface area contributed by atoms with Crippen LogP contribution in [0.1, 0.15) is 51.0 Å². The van der Waals surface area contributed by atoms with Gasteiger partial charge in [0.25, 0.3) is 0 Å². The topological polar surface area (TPSA) is 29.3 Å². The van der Waals surface area contributed by atoms with Gasteiger partial charge in [0.05, 0.1) is 0 Å². The van der Waals surface area contributed by atoms with Gasteiger partial charge in [-0.25, -0.2) is 0 Å². The van der Waals surface area contributed by atoms with Gasteiger partial charge in [-0.05, 0) is 49.4 Å². The van der Waals surface area contributed by atoms with Gasteiger partial charge in [0.15, 0.2) is 0 Å². The molecule has 2 nitrogen and oxygen atoms in total. The van der Waals surface area contributed by atoms with Crippen molar-refractivity contribution in [3.8, 4) is 0 Å². The molecule has 112 valence electrons. The highest BCUT2D eigenvalue weighted by Gasteiger charge is 2.20. The third-order valence-electron chi connectivity index (χ3n) is 4.55. The highest BCUT2D eigenvalue weighted by Crippen LogP contribution is 2.30. The second-order valence-electron chi connectivity index (χ2n) is 6.05. The molecule has 3 heteroatoms. The fourth-order valence-corrected chi connectivity index (χ4v) is 3.35. The minimum atomic E-state index is 0.215. The molecule has 1 unspecified atom stereocenters. The van der Waals surface area contributed by atoms with Crippen LogP contribution >= 0.6 is 11.6 Å². The van der Waals surface area contributed by atoms with Crippen LogP contribution < -0.4 is 10.6 Å². The molecule has 0 radical (unpaired) electrons. The summed E-state index contributed by atoms with van der Waals surface area (Å²) in [7, 11) is 2.22. The predicted molar refractivity (Wildman–Crippen MR) is 88.7 cm³/mol. The van der Waals surface area contributed by atoms with Gasteiger partial charge in [-0.1, -0.05) is 37.8 Å². The maximum absolute atomic E-state index is 6.17. The fraction of sp³-hybridized carbons (Fsp3) is 0.647. The van der Waals surface area contributed by atoms with Crippen LogP contribution in [0.2, 0.25) is 5.02 Å². The van der Waals surface area contributed by atoms with Gasteiger partial charge in [0.2, 0.25) is 0 Å². The summed E-state index contributed by atoms with van der Waals surface area (Å²) in [4.78, 5) is 2.45. The lowest BCUT2D eigenvalue weighted by Gasteiger charge is -2.34. The molecule has 2 N–H and O–H groups in total. The van der Waals surface area contributed by atoms with Gasteiger partial charge in [-0.3, -0.25) is 0 Å². The molecule has 0 bridgehead atoms. The minimum Gasteiger partial charge on any atom is -0.371 e. The number of hydrogen-bond acceptors (Lipinski definition) is 2. The molecule has 2 rings (SSSR count). The van der Waals surface area contributed by atoms with Crippen LogP contribution in [0.3, 0.4) is 0 Å². The van der Waals surface area contributed by atoms with Crippen LogP contribution in [-0.2, 0) is 6.42 Å². The first-order chi connectivity index (χ1) is 9.61. The molecule has 1 aromatic carbocycles. The van der Waals surface area contributed by atoms with Crippen molar-refractivity contribution in [3.05, 3.63) is 28.8 Å². The standard InChI is InChI=1S/C17H27ClN2/c1-3-15(19)12-13-11-14(18)9-10-17(13)20(2)16-7-5-4-6-8-16/h9-11,15-16H,3-8,12,19H2,1-2H3. The molecule has 0 spiro atoms. The summed E-state index contributed by atoms with van der Waals surface area (Å²) < 4.78 is 0. The first kappa shape index (κ1) is 15.7. The maximum Gasteiger partial charge on any atom is 0.0410 e. The Morgan fingerprint density at radius 3 is 2.65 bits per heavy atom. The van der Waals surface area contributed by atoms with E-state index in [-0.39, 0.29) is 6.04 Å². The molecule has 0 saturated heterocycles. The molecule has 1 atom stereocenters. The summed E-state index contributed by atoms with van der Waals surface area (Å²) in [5.41, 5.74) is 8.74. The van der Waals surface area contributed by atoms with Crippen LogP contribution in [0, 0.1) is 0 Å². The van der Waals surface area contributed by atoms with E-state index in [0.29, 0.717) is 6.04 Å². The molecule has 1 aromatic rings. The largest absolute Gasteiger partial charge is 0.371 e. The van der Waals surface area contributed by atoms with Gasteiger partial charge < -0.3 is 10.6 Å². The highest BCUT2D eigenvalue weighted by molar-refractivity contribution is 6.30. The number of hydrogen-bond donors (Lipinski definition) is 1. The highest BCUT2D eigenvalue weighted by atomic mass is 35.5. The van der Waals surface area contributed by atoms with Crippen molar-refractivity contribution in [2.24, 2.45) is 5.73 Å². The molecule has 0 aliphatic heterocycles. The molecule has 0 aromatic heterocycles. The van der Waals surface area contributed by atoms with Crippen molar-refractivity contribution >= 4 is 17.3 Å². The SMILES string of the molecule is CCC(N)Cc1cc(Cl)ccc1N(C)C1CCCCC1. The van der Waals surface area contributed by atoms with Crippen LogP contribution in [0.15, 0.2) is 18.2 Å². The summed E-state index contributed by atoms with van der Waals surface area (Å²) in [6.07, 6.45) is 8.61. The van der Waals surface area contributed by atoms with E-state index >= 15 is 0 Å². The summed E-state index contributed by atoms with van der Waals surface area (Å²) in [6, 6.07) is 7.13. The Hall–Kier alpha value is -0.730. The van der Waals surface area contributed by atoms with Crippen molar-refractivity contribution in [1.29, 1.82) is 0 Å². The van der Waals surface area contributed by atoms with Gasteiger partial charge in [0, 0.05) is 29.8 Å². The number of benzene rings is 1. The van der Waals surface area contributed by atoms with E-state index in [9.17, 15) is 0 Å². The third kappa shape index (κ3) is 3.89. The lowest BCUT2D eigenvalue weighted by Crippen LogP contribution is -2.34. The molecular formula is C17H27ClN2. The van der Waals surface area contributed by atoms with E-state index in [1.807, 2.05) is 6.07 Å². The van der Waals surface area contributed by atoms with E-state index in [2.05, 4.69) is 31.0 Å². The van der Waals surface area contributed by atoms with Crippen molar-refractivity contribution in [2.75, 3.05) is 11.9 Å². The van der Waals surface area contributed by atoms with Gasteiger partial charge >= 0.3 is 0 Å². The first-order valence-electron chi connectivity index (χ1n) is 7.88. The smallest absolute Gasteiger partial charge is 0.0410 e. The second kappa shape index (κ2) is 7.33. The van der Waals surface area contributed by atoms with E-state index in [1.165, 1.54) is 43.4 Å². The summed E-state index contributed by atoms with van der Waals surface area (Å²) >= 11 is 6.17. The number of rotatable bonds is 5. The van der Waals surface area contributed by atoms with E-state index in [4.69, 9.17) is 17.3 Å².